The number of hydrogen-bond donors (Lipinski definition) is 0. The minimum Gasteiger partial charge on any atom is -0.0654 e. The normalized spacial score (nSPS) is 11.9. The van der Waals surface area contributed by atoms with E-state index in [0.29, 0.717) is 0 Å². The highest BCUT2D eigenvalue weighted by Crippen LogP contribution is 2.29. The second-order valence-electron chi connectivity index (χ2n) is 16.1. The predicted octanol–water partition coefficient (Wildman–Crippen LogP) is 16.8. The van der Waals surface area contributed by atoms with E-state index in [2.05, 4.69) is 137 Å². The van der Waals surface area contributed by atoms with Crippen LogP contribution in [-0.4, -0.2) is 0 Å². The first-order chi connectivity index (χ1) is 26.6. The molecule has 0 aliphatic carbocycles. The number of rotatable bonds is 24. The molecule has 0 nitrogen and oxygen atoms in total. The van der Waals surface area contributed by atoms with Gasteiger partial charge < -0.3 is 0 Å². The third kappa shape index (κ3) is 13.4. The van der Waals surface area contributed by atoms with Gasteiger partial charge in [-0.2, -0.15) is 0 Å². The van der Waals surface area contributed by atoms with Crippen molar-refractivity contribution in [2.24, 2.45) is 0 Å². The molecular weight excluding hydrogens is 649 g/mol. The molecule has 54 heavy (non-hydrogen) atoms. The zero-order valence-electron chi connectivity index (χ0n) is 34.5. The number of fused-ring (bicyclic) bond motifs is 3. The molecule has 0 unspecified atom stereocenters. The van der Waals surface area contributed by atoms with Crippen molar-refractivity contribution in [3.63, 3.8) is 0 Å². The summed E-state index contributed by atoms with van der Waals surface area (Å²) in [5.74, 6) is 0. The van der Waals surface area contributed by atoms with Gasteiger partial charge in [0.15, 0.2) is 0 Å². The quantitative estimate of drug-likeness (QED) is 0.0338. The summed E-state index contributed by atoms with van der Waals surface area (Å²) in [5, 5.41) is 5.26. The molecule has 0 atom stereocenters. The van der Waals surface area contributed by atoms with Gasteiger partial charge >= 0.3 is 0 Å². The summed E-state index contributed by atoms with van der Waals surface area (Å²) in [6.07, 6.45) is 35.1. The monoisotopic (exact) mass is 719 g/mol. The molecule has 0 fully saturated rings. The second-order valence-corrected chi connectivity index (χ2v) is 16.1. The first-order valence-electron chi connectivity index (χ1n) is 22.2. The van der Waals surface area contributed by atoms with Crippen molar-refractivity contribution in [1.29, 1.82) is 0 Å². The minimum atomic E-state index is 1.19. The number of hydrogen-bond acceptors (Lipinski definition) is 0. The summed E-state index contributed by atoms with van der Waals surface area (Å²) in [7, 11) is 0. The van der Waals surface area contributed by atoms with Crippen LogP contribution in [0.5, 0.6) is 0 Å². The van der Waals surface area contributed by atoms with Crippen LogP contribution < -0.4 is 0 Å². The zero-order chi connectivity index (χ0) is 37.8. The van der Waals surface area contributed by atoms with Gasteiger partial charge in [0.1, 0.15) is 0 Å². The predicted molar refractivity (Wildman–Crippen MR) is 244 cm³/mol. The van der Waals surface area contributed by atoms with Crippen molar-refractivity contribution in [3.05, 3.63) is 129 Å². The lowest BCUT2D eigenvalue weighted by Gasteiger charge is -2.09. The highest BCUT2D eigenvalue weighted by molar-refractivity contribution is 6.08. The third-order valence-corrected chi connectivity index (χ3v) is 11.2. The van der Waals surface area contributed by atoms with E-state index in [-0.39, 0.29) is 0 Å². The molecule has 286 valence electrons. The fraction of sp³-hybridized carbons (Fsp3) is 0.444. The van der Waals surface area contributed by atoms with E-state index in [4.69, 9.17) is 0 Å². The van der Waals surface area contributed by atoms with Crippen molar-refractivity contribution in [2.75, 3.05) is 0 Å². The van der Waals surface area contributed by atoms with E-state index >= 15 is 0 Å². The number of aryl methyl sites for hydroxylation is 4. The number of unbranched alkanes of at least 4 members (excludes halogenated alkanes) is 12. The van der Waals surface area contributed by atoms with Crippen LogP contribution in [-0.2, 0) is 25.7 Å². The highest BCUT2D eigenvalue weighted by atomic mass is 14.1. The lowest BCUT2D eigenvalue weighted by molar-refractivity contribution is 0.661. The lowest BCUT2D eigenvalue weighted by Crippen LogP contribution is -1.93. The van der Waals surface area contributed by atoms with Crippen LogP contribution in [0.1, 0.15) is 175 Å². The average Bonchev–Trinajstić information content (AvgIpc) is 3.19. The van der Waals surface area contributed by atoms with Crippen molar-refractivity contribution in [2.45, 2.75) is 156 Å². The molecule has 5 aromatic rings. The second kappa shape index (κ2) is 23.1. The zero-order valence-corrected chi connectivity index (χ0v) is 34.5. The minimum absolute atomic E-state index is 1.19. The smallest absolute Gasteiger partial charge is 0.0105 e. The van der Waals surface area contributed by atoms with Gasteiger partial charge in [-0.05, 0) is 130 Å². The summed E-state index contributed by atoms with van der Waals surface area (Å²) >= 11 is 0. The molecular formula is C54H70. The molecule has 0 heterocycles. The lowest BCUT2D eigenvalue weighted by atomic mass is 9.96. The highest BCUT2D eigenvalue weighted by Gasteiger charge is 2.06. The third-order valence-electron chi connectivity index (χ3n) is 11.2. The van der Waals surface area contributed by atoms with Gasteiger partial charge in [0.2, 0.25) is 0 Å². The maximum atomic E-state index is 2.48. The van der Waals surface area contributed by atoms with E-state index in [9.17, 15) is 0 Å². The van der Waals surface area contributed by atoms with Crippen molar-refractivity contribution in [3.8, 4) is 0 Å². The molecule has 0 amide bonds. The summed E-state index contributed by atoms with van der Waals surface area (Å²) in [6, 6.07) is 33.2. The van der Waals surface area contributed by atoms with Gasteiger partial charge in [-0.15, -0.1) is 0 Å². The van der Waals surface area contributed by atoms with Crippen molar-refractivity contribution in [1.82, 2.24) is 0 Å². The van der Waals surface area contributed by atoms with E-state index in [1.165, 1.54) is 194 Å². The first-order valence-corrected chi connectivity index (χ1v) is 22.2. The van der Waals surface area contributed by atoms with E-state index in [0.717, 1.165) is 0 Å². The largest absolute Gasteiger partial charge is 0.0654 e. The van der Waals surface area contributed by atoms with Gasteiger partial charge in [0, 0.05) is 0 Å². The Hall–Kier alpha value is -3.90. The summed E-state index contributed by atoms with van der Waals surface area (Å²) in [6.45, 7) is 9.19. The molecule has 0 spiro atoms. The molecule has 0 heteroatoms. The van der Waals surface area contributed by atoms with Crippen molar-refractivity contribution >= 4 is 45.8 Å². The average molecular weight is 719 g/mol. The van der Waals surface area contributed by atoms with Crippen molar-refractivity contribution < 1.29 is 0 Å². The van der Waals surface area contributed by atoms with Crippen LogP contribution in [0.3, 0.4) is 0 Å². The van der Waals surface area contributed by atoms with Gasteiger partial charge in [0.05, 0.1) is 0 Å². The summed E-state index contributed by atoms with van der Waals surface area (Å²) < 4.78 is 0. The number of benzene rings is 5. The summed E-state index contributed by atoms with van der Waals surface area (Å²) in [5.41, 5.74) is 11.2. The molecule has 0 aliphatic rings. The Morgan fingerprint density at radius 1 is 0.296 bits per heavy atom. The SMILES string of the molecule is CCCCCCc1cc(/C=C/c2ccc3c(ccc4cc(/C=C/c5cc(CCCCCC)cc(CCCCCC)c5)ccc43)c2)cc(CCCCCC)c1. The Kier molecular flexibility index (Phi) is 17.7. The molecule has 0 saturated heterocycles. The van der Waals surface area contributed by atoms with Gasteiger partial charge in [0.25, 0.3) is 0 Å². The Bertz CT molecular complexity index is 1720. The molecule has 0 aromatic heterocycles. The molecule has 0 bridgehead atoms. The fourth-order valence-corrected chi connectivity index (χ4v) is 8.08. The first kappa shape index (κ1) is 41.3. The van der Waals surface area contributed by atoms with Crippen LogP contribution >= 0.6 is 0 Å². The maximum absolute atomic E-state index is 2.48. The Balaban J connectivity index is 1.31. The topological polar surface area (TPSA) is 0 Å². The molecule has 5 aromatic carbocycles. The Morgan fingerprint density at radius 2 is 0.611 bits per heavy atom. The molecule has 5 rings (SSSR count). The molecule has 0 aliphatic heterocycles. The fourth-order valence-electron chi connectivity index (χ4n) is 8.08. The van der Waals surface area contributed by atoms with Crippen LogP contribution in [0, 0.1) is 0 Å². The van der Waals surface area contributed by atoms with Crippen LogP contribution in [0.25, 0.3) is 45.8 Å². The maximum Gasteiger partial charge on any atom is -0.0105 e. The summed E-state index contributed by atoms with van der Waals surface area (Å²) in [4.78, 5) is 0. The van der Waals surface area contributed by atoms with Gasteiger partial charge in [-0.25, -0.2) is 0 Å². The standard InChI is InChI=1S/C54H70/c1-5-9-13-17-21-45-35-46(22-18-14-10-6-2)38-49(37-45)27-25-43-29-33-53-51(41-43)31-32-52-42-44(30-34-54(52)53)26-28-50-39-47(23-19-15-11-7-3)36-48(40-50)24-20-16-12-8-4/h25-42H,5-24H2,1-4H3/b27-25+,28-26+. The van der Waals surface area contributed by atoms with Crippen LogP contribution in [0.15, 0.2) is 84.9 Å². The Morgan fingerprint density at radius 3 is 0.926 bits per heavy atom. The van der Waals surface area contributed by atoms with Gasteiger partial charge in [-0.3, -0.25) is 0 Å². The molecule has 0 saturated carbocycles. The van der Waals surface area contributed by atoms with Crippen LogP contribution in [0.4, 0.5) is 0 Å². The van der Waals surface area contributed by atoms with Gasteiger partial charge in [-0.1, -0.05) is 202 Å². The van der Waals surface area contributed by atoms with E-state index in [1.54, 1.807) is 0 Å². The van der Waals surface area contributed by atoms with Crippen LogP contribution in [0.2, 0.25) is 0 Å². The molecule has 0 radical (unpaired) electrons. The van der Waals surface area contributed by atoms with E-state index in [1.807, 2.05) is 0 Å². The van der Waals surface area contributed by atoms with E-state index < -0.39 is 0 Å². The molecule has 0 N–H and O–H groups in total. The Labute approximate surface area is 330 Å².